The van der Waals surface area contributed by atoms with Crippen LogP contribution in [0.15, 0.2) is 65.8 Å². The minimum absolute atomic E-state index is 0.185. The van der Waals surface area contributed by atoms with Crippen LogP contribution in [0.3, 0.4) is 0 Å². The van der Waals surface area contributed by atoms with Gasteiger partial charge in [-0.15, -0.1) is 10.2 Å². The van der Waals surface area contributed by atoms with Crippen molar-refractivity contribution >= 4 is 28.6 Å². The lowest BCUT2D eigenvalue weighted by Gasteiger charge is -2.30. The van der Waals surface area contributed by atoms with E-state index >= 15 is 0 Å². The third kappa shape index (κ3) is 4.57. The molecular formula is C27H29N5OS. The number of likely N-dealkylation sites (tertiary alicyclic amines) is 1. The lowest BCUT2D eigenvalue weighted by Crippen LogP contribution is -2.40. The summed E-state index contributed by atoms with van der Waals surface area (Å²) in [7, 11) is 0. The Morgan fingerprint density at radius 1 is 1.09 bits per heavy atom. The first-order valence-corrected chi connectivity index (χ1v) is 12.9. The second kappa shape index (κ2) is 9.97. The van der Waals surface area contributed by atoms with Crippen molar-refractivity contribution in [3.63, 3.8) is 0 Å². The Labute approximate surface area is 204 Å². The Morgan fingerprint density at radius 2 is 1.88 bits per heavy atom. The Balaban J connectivity index is 1.47. The molecule has 2 aromatic carbocycles. The van der Waals surface area contributed by atoms with Gasteiger partial charge in [0, 0.05) is 36.1 Å². The molecule has 0 radical (unpaired) electrons. The number of nitrogens with zero attached hydrogens (tertiary/aromatic N) is 5. The molecule has 1 atom stereocenters. The van der Waals surface area contributed by atoms with E-state index in [0.29, 0.717) is 11.7 Å². The second-order valence-electron chi connectivity index (χ2n) is 8.86. The molecule has 1 aliphatic heterocycles. The number of thioether (sulfide) groups is 1. The summed E-state index contributed by atoms with van der Waals surface area (Å²) in [5, 5.41) is 10.9. The molecule has 0 aliphatic carbocycles. The number of carbonyl (C=O) groups excluding carboxylic acids is 1. The van der Waals surface area contributed by atoms with Crippen molar-refractivity contribution in [1.82, 2.24) is 24.6 Å². The van der Waals surface area contributed by atoms with Gasteiger partial charge < -0.3 is 9.47 Å². The van der Waals surface area contributed by atoms with Crippen LogP contribution in [0.2, 0.25) is 0 Å². The maximum Gasteiger partial charge on any atom is 0.233 e. The number of para-hydroxylation sites is 1. The van der Waals surface area contributed by atoms with Gasteiger partial charge in [-0.3, -0.25) is 4.79 Å². The quantitative estimate of drug-likeness (QED) is 0.346. The van der Waals surface area contributed by atoms with Gasteiger partial charge in [0.2, 0.25) is 5.91 Å². The number of carbonyl (C=O) groups is 1. The Hall–Kier alpha value is -3.19. The van der Waals surface area contributed by atoms with Crippen LogP contribution in [0.1, 0.15) is 26.7 Å². The zero-order chi connectivity index (χ0) is 23.5. The number of aromatic nitrogens is 4. The number of piperidine rings is 1. The van der Waals surface area contributed by atoms with Crippen molar-refractivity contribution in [2.75, 3.05) is 18.8 Å². The second-order valence-corrected chi connectivity index (χ2v) is 9.81. The topological polar surface area (TPSA) is 63.9 Å². The normalized spacial score (nSPS) is 16.2. The summed E-state index contributed by atoms with van der Waals surface area (Å²) in [6, 6.07) is 20.4. The summed E-state index contributed by atoms with van der Waals surface area (Å²) in [6.45, 7) is 6.75. The highest BCUT2D eigenvalue weighted by atomic mass is 32.2. The number of benzene rings is 2. The zero-order valence-corrected chi connectivity index (χ0v) is 20.5. The first-order valence-electron chi connectivity index (χ1n) is 11.9. The van der Waals surface area contributed by atoms with E-state index in [1.54, 1.807) is 0 Å². The average Bonchev–Trinajstić information content (AvgIpc) is 3.29. The van der Waals surface area contributed by atoms with Crippen LogP contribution >= 0.6 is 11.8 Å². The molecule has 7 heteroatoms. The number of rotatable bonds is 6. The summed E-state index contributed by atoms with van der Waals surface area (Å²) in [5.74, 6) is 1.95. The van der Waals surface area contributed by atoms with Gasteiger partial charge in [0.1, 0.15) is 0 Å². The fourth-order valence-corrected chi connectivity index (χ4v) is 5.54. The van der Waals surface area contributed by atoms with Crippen molar-refractivity contribution in [2.45, 2.75) is 38.4 Å². The molecule has 0 N–H and O–H groups in total. The molecular weight excluding hydrogens is 442 g/mol. The smallest absolute Gasteiger partial charge is 0.233 e. The molecule has 5 rings (SSSR count). The van der Waals surface area contributed by atoms with Crippen LogP contribution in [0, 0.1) is 5.92 Å². The minimum atomic E-state index is 0.185. The molecule has 0 saturated carbocycles. The highest BCUT2D eigenvalue weighted by Gasteiger charge is 2.23. The lowest BCUT2D eigenvalue weighted by atomic mass is 10.0. The molecule has 0 spiro atoms. The van der Waals surface area contributed by atoms with Crippen LogP contribution in [-0.4, -0.2) is 49.4 Å². The summed E-state index contributed by atoms with van der Waals surface area (Å²) < 4.78 is 2.10. The van der Waals surface area contributed by atoms with Crippen LogP contribution in [0.25, 0.3) is 33.5 Å². The Bertz CT molecular complexity index is 1300. The van der Waals surface area contributed by atoms with E-state index in [0.717, 1.165) is 64.8 Å². The molecule has 174 valence electrons. The number of amides is 1. The molecule has 3 heterocycles. The SMILES string of the molecule is CCn1c(SCC(=O)N2CCCC(C)C2)nnc1-c1cc(-c2ccccc2)nc2ccccc12. The summed E-state index contributed by atoms with van der Waals surface area (Å²) in [5.41, 5.74) is 3.89. The summed E-state index contributed by atoms with van der Waals surface area (Å²) in [4.78, 5) is 19.7. The van der Waals surface area contributed by atoms with Gasteiger partial charge >= 0.3 is 0 Å². The largest absolute Gasteiger partial charge is 0.342 e. The fourth-order valence-electron chi connectivity index (χ4n) is 4.63. The van der Waals surface area contributed by atoms with Crippen LogP contribution < -0.4 is 0 Å². The zero-order valence-electron chi connectivity index (χ0n) is 19.6. The summed E-state index contributed by atoms with van der Waals surface area (Å²) >= 11 is 1.48. The Kier molecular flexibility index (Phi) is 6.63. The molecule has 1 amide bonds. The third-order valence-corrected chi connectivity index (χ3v) is 7.35. The van der Waals surface area contributed by atoms with E-state index in [2.05, 4.69) is 52.9 Å². The van der Waals surface area contributed by atoms with Gasteiger partial charge in [0.05, 0.1) is 17.0 Å². The molecule has 6 nitrogen and oxygen atoms in total. The predicted molar refractivity (Wildman–Crippen MR) is 138 cm³/mol. The van der Waals surface area contributed by atoms with Gasteiger partial charge in [0.15, 0.2) is 11.0 Å². The highest BCUT2D eigenvalue weighted by molar-refractivity contribution is 7.99. The number of hydrogen-bond donors (Lipinski definition) is 0. The van der Waals surface area contributed by atoms with Crippen LogP contribution in [-0.2, 0) is 11.3 Å². The van der Waals surface area contributed by atoms with Crippen molar-refractivity contribution in [1.29, 1.82) is 0 Å². The molecule has 1 aliphatic rings. The third-order valence-electron chi connectivity index (χ3n) is 6.39. The molecule has 2 aromatic heterocycles. The van der Waals surface area contributed by atoms with E-state index in [1.807, 2.05) is 41.3 Å². The maximum atomic E-state index is 12.8. The van der Waals surface area contributed by atoms with Crippen molar-refractivity contribution in [3.8, 4) is 22.6 Å². The lowest BCUT2D eigenvalue weighted by molar-refractivity contribution is -0.130. The number of fused-ring (bicyclic) bond motifs is 1. The first-order chi connectivity index (χ1) is 16.6. The Morgan fingerprint density at radius 3 is 2.68 bits per heavy atom. The predicted octanol–water partition coefficient (Wildman–Crippen LogP) is 5.53. The van der Waals surface area contributed by atoms with Crippen molar-refractivity contribution < 1.29 is 4.79 Å². The average molecular weight is 472 g/mol. The standard InChI is InChI=1S/C27H29N5OS/c1-3-32-26(29-30-27(32)34-18-25(33)31-15-9-10-19(2)17-31)22-16-24(20-11-5-4-6-12-20)28-23-14-8-7-13-21(22)23/h4-8,11-14,16,19H,3,9-10,15,17-18H2,1-2H3. The van der Waals surface area contributed by atoms with E-state index in [1.165, 1.54) is 18.2 Å². The van der Waals surface area contributed by atoms with Gasteiger partial charge in [-0.05, 0) is 37.8 Å². The minimum Gasteiger partial charge on any atom is -0.342 e. The van der Waals surface area contributed by atoms with Gasteiger partial charge in [-0.25, -0.2) is 4.98 Å². The molecule has 1 unspecified atom stereocenters. The molecule has 1 fully saturated rings. The van der Waals surface area contributed by atoms with Gasteiger partial charge in [0.25, 0.3) is 0 Å². The fraction of sp³-hybridized carbons (Fsp3) is 0.333. The van der Waals surface area contributed by atoms with E-state index in [4.69, 9.17) is 4.98 Å². The molecule has 4 aromatic rings. The van der Waals surface area contributed by atoms with E-state index in [9.17, 15) is 4.79 Å². The monoisotopic (exact) mass is 471 g/mol. The van der Waals surface area contributed by atoms with E-state index < -0.39 is 0 Å². The van der Waals surface area contributed by atoms with Crippen molar-refractivity contribution in [3.05, 3.63) is 60.7 Å². The van der Waals surface area contributed by atoms with E-state index in [-0.39, 0.29) is 5.91 Å². The maximum absolute atomic E-state index is 12.8. The van der Waals surface area contributed by atoms with Crippen LogP contribution in [0.4, 0.5) is 0 Å². The molecule has 34 heavy (non-hydrogen) atoms. The first kappa shape index (κ1) is 22.6. The molecule has 0 bridgehead atoms. The van der Waals surface area contributed by atoms with Gasteiger partial charge in [-0.1, -0.05) is 67.2 Å². The molecule has 1 saturated heterocycles. The van der Waals surface area contributed by atoms with Crippen LogP contribution in [0.5, 0.6) is 0 Å². The summed E-state index contributed by atoms with van der Waals surface area (Å²) in [6.07, 6.45) is 2.29. The van der Waals surface area contributed by atoms with Crippen molar-refractivity contribution in [2.24, 2.45) is 5.92 Å². The number of pyridine rings is 1. The highest BCUT2D eigenvalue weighted by Crippen LogP contribution is 2.33. The van der Waals surface area contributed by atoms with Gasteiger partial charge in [-0.2, -0.15) is 0 Å². The number of hydrogen-bond acceptors (Lipinski definition) is 5.